The molecule has 6 nitrogen and oxygen atoms in total. The van der Waals surface area contributed by atoms with Crippen LogP contribution in [0.1, 0.15) is 38.5 Å². The fourth-order valence-corrected chi connectivity index (χ4v) is 4.86. The molecule has 0 bridgehead atoms. The number of carbonyl (C=O) groups excluding carboxylic acids is 1. The average molecular weight is 435 g/mol. The maximum absolute atomic E-state index is 13.3. The van der Waals surface area contributed by atoms with Crippen molar-refractivity contribution in [1.82, 2.24) is 14.5 Å². The molecule has 0 aliphatic heterocycles. The first-order valence-corrected chi connectivity index (χ1v) is 10.8. The SMILES string of the molecule is COc1ccc2nc(N(CCCn3ccnc3)C(=O)C3CCCCC3)sc2c1.Cl. The monoisotopic (exact) mass is 434 g/mol. The van der Waals surface area contributed by atoms with Crippen molar-refractivity contribution in [3.63, 3.8) is 0 Å². The van der Waals surface area contributed by atoms with Crippen LogP contribution in [-0.4, -0.2) is 34.1 Å². The van der Waals surface area contributed by atoms with Gasteiger partial charge in [0.2, 0.25) is 5.91 Å². The van der Waals surface area contributed by atoms with Crippen molar-refractivity contribution in [2.24, 2.45) is 5.92 Å². The Morgan fingerprint density at radius 3 is 2.86 bits per heavy atom. The summed E-state index contributed by atoms with van der Waals surface area (Å²) in [6.07, 6.45) is 12.0. The van der Waals surface area contributed by atoms with Crippen LogP contribution in [0.5, 0.6) is 5.75 Å². The van der Waals surface area contributed by atoms with Crippen molar-refractivity contribution in [3.05, 3.63) is 36.9 Å². The third-order valence-corrected chi connectivity index (χ3v) is 6.43. The summed E-state index contributed by atoms with van der Waals surface area (Å²) in [5.74, 6) is 1.17. The van der Waals surface area contributed by atoms with Gasteiger partial charge in [-0.25, -0.2) is 9.97 Å². The number of imidazole rings is 1. The minimum Gasteiger partial charge on any atom is -0.497 e. The lowest BCUT2D eigenvalue weighted by molar-refractivity contribution is -0.123. The number of carbonyl (C=O) groups is 1. The van der Waals surface area contributed by atoms with Crippen molar-refractivity contribution in [2.75, 3.05) is 18.6 Å². The second-order valence-electron chi connectivity index (χ2n) is 7.31. The molecule has 156 valence electrons. The third kappa shape index (κ3) is 5.08. The molecular weight excluding hydrogens is 408 g/mol. The standard InChI is InChI=1S/C21H26N4O2S.ClH/c1-27-17-8-9-18-19(14-17)28-21(23-18)25(12-5-11-24-13-10-22-15-24)20(26)16-6-3-2-4-7-16;/h8-10,13-16H,2-7,11-12H2,1H3;1H. The maximum Gasteiger partial charge on any atom is 0.231 e. The van der Waals surface area contributed by atoms with Gasteiger partial charge in [0.05, 0.1) is 23.7 Å². The molecule has 2 heterocycles. The highest BCUT2D eigenvalue weighted by Gasteiger charge is 2.28. The second kappa shape index (κ2) is 10.1. The highest BCUT2D eigenvalue weighted by atomic mass is 35.5. The molecule has 4 rings (SSSR count). The summed E-state index contributed by atoms with van der Waals surface area (Å²) in [6.45, 7) is 1.51. The van der Waals surface area contributed by atoms with Crippen molar-refractivity contribution < 1.29 is 9.53 Å². The number of hydrogen-bond acceptors (Lipinski definition) is 5. The van der Waals surface area contributed by atoms with Crippen LogP contribution in [0.25, 0.3) is 10.2 Å². The number of aromatic nitrogens is 3. The van der Waals surface area contributed by atoms with Crippen LogP contribution in [0, 0.1) is 5.92 Å². The zero-order valence-electron chi connectivity index (χ0n) is 16.6. The van der Waals surface area contributed by atoms with Gasteiger partial charge < -0.3 is 9.30 Å². The van der Waals surface area contributed by atoms with E-state index in [0.717, 1.165) is 59.7 Å². The first kappa shape index (κ1) is 21.6. The van der Waals surface area contributed by atoms with Crippen LogP contribution < -0.4 is 9.64 Å². The van der Waals surface area contributed by atoms with Gasteiger partial charge in [-0.2, -0.15) is 0 Å². The summed E-state index contributed by atoms with van der Waals surface area (Å²) in [7, 11) is 1.66. The zero-order chi connectivity index (χ0) is 19.3. The summed E-state index contributed by atoms with van der Waals surface area (Å²) < 4.78 is 8.43. The summed E-state index contributed by atoms with van der Waals surface area (Å²) >= 11 is 1.57. The predicted octanol–water partition coefficient (Wildman–Crippen LogP) is 4.93. The van der Waals surface area contributed by atoms with E-state index in [1.54, 1.807) is 24.6 Å². The van der Waals surface area contributed by atoms with E-state index in [0.29, 0.717) is 6.54 Å². The minimum absolute atomic E-state index is 0. The Morgan fingerprint density at radius 1 is 1.31 bits per heavy atom. The normalized spacial score (nSPS) is 14.5. The van der Waals surface area contributed by atoms with E-state index in [9.17, 15) is 4.79 Å². The Hall–Kier alpha value is -2.12. The number of fused-ring (bicyclic) bond motifs is 1. The van der Waals surface area contributed by atoms with Crippen LogP contribution in [0.3, 0.4) is 0 Å². The lowest BCUT2D eigenvalue weighted by Crippen LogP contribution is -2.38. The van der Waals surface area contributed by atoms with E-state index in [4.69, 9.17) is 9.72 Å². The van der Waals surface area contributed by atoms with Gasteiger partial charge in [0.25, 0.3) is 0 Å². The molecule has 1 aromatic carbocycles. The van der Waals surface area contributed by atoms with E-state index in [1.165, 1.54) is 6.42 Å². The average Bonchev–Trinajstić information content (AvgIpc) is 3.40. The van der Waals surface area contributed by atoms with Crippen LogP contribution in [0.15, 0.2) is 36.9 Å². The number of halogens is 1. The Balaban J connectivity index is 0.00000240. The highest BCUT2D eigenvalue weighted by molar-refractivity contribution is 7.22. The molecule has 1 aliphatic carbocycles. The largest absolute Gasteiger partial charge is 0.497 e. The topological polar surface area (TPSA) is 60.2 Å². The van der Waals surface area contributed by atoms with Crippen LogP contribution in [0.2, 0.25) is 0 Å². The van der Waals surface area contributed by atoms with Crippen LogP contribution in [0.4, 0.5) is 5.13 Å². The van der Waals surface area contributed by atoms with Gasteiger partial charge in [0.15, 0.2) is 5.13 Å². The summed E-state index contributed by atoms with van der Waals surface area (Å²) in [5.41, 5.74) is 0.914. The summed E-state index contributed by atoms with van der Waals surface area (Å²) in [4.78, 5) is 24.1. The number of ether oxygens (including phenoxy) is 1. The van der Waals surface area contributed by atoms with Crippen molar-refractivity contribution >= 4 is 45.0 Å². The molecule has 0 spiro atoms. The molecular formula is C21H27ClN4O2S. The molecule has 0 atom stereocenters. The molecule has 0 N–H and O–H groups in total. The molecule has 0 radical (unpaired) electrons. The molecule has 2 aromatic heterocycles. The van der Waals surface area contributed by atoms with Crippen molar-refractivity contribution in [3.8, 4) is 5.75 Å². The van der Waals surface area contributed by atoms with Crippen LogP contribution in [-0.2, 0) is 11.3 Å². The van der Waals surface area contributed by atoms with Gasteiger partial charge >= 0.3 is 0 Å². The number of aryl methyl sites for hydroxylation is 1. The van der Waals surface area contributed by atoms with Crippen LogP contribution >= 0.6 is 23.7 Å². The van der Waals surface area contributed by atoms with Gasteiger partial charge in [-0.3, -0.25) is 9.69 Å². The number of benzene rings is 1. The molecule has 1 amide bonds. The number of thiazole rings is 1. The summed E-state index contributed by atoms with van der Waals surface area (Å²) in [5, 5.41) is 0.796. The van der Waals surface area contributed by atoms with E-state index in [1.807, 2.05) is 40.2 Å². The van der Waals surface area contributed by atoms with Gasteiger partial charge in [-0.1, -0.05) is 30.6 Å². The molecule has 0 unspecified atom stereocenters. The number of methoxy groups -OCH3 is 1. The van der Waals surface area contributed by atoms with E-state index < -0.39 is 0 Å². The van der Waals surface area contributed by atoms with E-state index >= 15 is 0 Å². The van der Waals surface area contributed by atoms with Crippen molar-refractivity contribution in [1.29, 1.82) is 0 Å². The zero-order valence-corrected chi connectivity index (χ0v) is 18.3. The number of amides is 1. The maximum atomic E-state index is 13.3. The first-order chi connectivity index (χ1) is 13.7. The first-order valence-electron chi connectivity index (χ1n) is 9.96. The smallest absolute Gasteiger partial charge is 0.231 e. The molecule has 8 heteroatoms. The minimum atomic E-state index is 0. The Morgan fingerprint density at radius 2 is 2.14 bits per heavy atom. The Labute approximate surface area is 181 Å². The Bertz CT molecular complexity index is 922. The van der Waals surface area contributed by atoms with E-state index in [-0.39, 0.29) is 24.2 Å². The molecule has 1 fully saturated rings. The highest BCUT2D eigenvalue weighted by Crippen LogP contribution is 2.34. The van der Waals surface area contributed by atoms with Gasteiger partial charge in [0.1, 0.15) is 5.75 Å². The van der Waals surface area contributed by atoms with Crippen molar-refractivity contribution in [2.45, 2.75) is 45.1 Å². The second-order valence-corrected chi connectivity index (χ2v) is 8.32. The molecule has 3 aromatic rings. The number of hydrogen-bond donors (Lipinski definition) is 0. The molecule has 29 heavy (non-hydrogen) atoms. The Kier molecular flexibility index (Phi) is 7.50. The number of rotatable bonds is 7. The lowest BCUT2D eigenvalue weighted by Gasteiger charge is -2.27. The quantitative estimate of drug-likeness (QED) is 0.529. The molecule has 1 saturated carbocycles. The molecule has 1 aliphatic rings. The lowest BCUT2D eigenvalue weighted by atomic mass is 9.88. The van der Waals surface area contributed by atoms with Gasteiger partial charge in [0, 0.05) is 31.4 Å². The number of nitrogens with zero attached hydrogens (tertiary/aromatic N) is 4. The van der Waals surface area contributed by atoms with Gasteiger partial charge in [-0.15, -0.1) is 12.4 Å². The van der Waals surface area contributed by atoms with E-state index in [2.05, 4.69) is 4.98 Å². The predicted molar refractivity (Wildman–Crippen MR) is 119 cm³/mol. The molecule has 0 saturated heterocycles. The number of anilines is 1. The third-order valence-electron chi connectivity index (χ3n) is 5.39. The fraction of sp³-hybridized carbons (Fsp3) is 0.476. The summed E-state index contributed by atoms with van der Waals surface area (Å²) in [6, 6.07) is 5.87. The fourth-order valence-electron chi connectivity index (χ4n) is 3.84. The van der Waals surface area contributed by atoms with Gasteiger partial charge in [-0.05, 0) is 37.5 Å².